The predicted octanol–water partition coefficient (Wildman–Crippen LogP) is 0.846. The number of benzene rings is 1. The lowest BCUT2D eigenvalue weighted by Gasteiger charge is -2.11. The molecule has 0 aliphatic heterocycles. The molecule has 18 heavy (non-hydrogen) atoms. The average Bonchev–Trinajstić information content (AvgIpc) is 2.25. The van der Waals surface area contributed by atoms with Crippen molar-refractivity contribution < 1.29 is 17.6 Å². The van der Waals surface area contributed by atoms with Crippen LogP contribution < -0.4 is 4.72 Å². The Morgan fingerprint density at radius 2 is 2.06 bits per heavy atom. The van der Waals surface area contributed by atoms with E-state index in [1.807, 2.05) is 4.72 Å². The predicted molar refractivity (Wildman–Crippen MR) is 65.3 cm³/mol. The number of hydrogen-bond acceptors (Lipinski definition) is 3. The van der Waals surface area contributed by atoms with Crippen LogP contribution in [0.15, 0.2) is 23.1 Å². The van der Waals surface area contributed by atoms with Gasteiger partial charge in [0.1, 0.15) is 10.7 Å². The second-order valence-corrected chi connectivity index (χ2v) is 5.86. The Bertz CT molecular complexity index is 560. The summed E-state index contributed by atoms with van der Waals surface area (Å²) in [6.07, 6.45) is 0. The Morgan fingerprint density at radius 3 is 2.56 bits per heavy atom. The fourth-order valence-corrected chi connectivity index (χ4v) is 2.28. The van der Waals surface area contributed by atoms with Crippen LogP contribution in [0.4, 0.5) is 4.39 Å². The van der Waals surface area contributed by atoms with Crippen molar-refractivity contribution in [1.29, 1.82) is 0 Å². The van der Waals surface area contributed by atoms with Crippen molar-refractivity contribution in [3.05, 3.63) is 29.0 Å². The van der Waals surface area contributed by atoms with Crippen molar-refractivity contribution in [2.75, 3.05) is 20.6 Å². The van der Waals surface area contributed by atoms with Crippen LogP contribution in [-0.4, -0.2) is 39.9 Å². The molecule has 0 bridgehead atoms. The summed E-state index contributed by atoms with van der Waals surface area (Å²) in [5.41, 5.74) is 0. The Kier molecular flexibility index (Phi) is 4.66. The first-order valence-electron chi connectivity index (χ1n) is 4.89. The maximum atomic E-state index is 13.4. The van der Waals surface area contributed by atoms with Gasteiger partial charge in [-0.25, -0.2) is 17.5 Å². The topological polar surface area (TPSA) is 66.5 Å². The lowest BCUT2D eigenvalue weighted by atomic mass is 10.3. The van der Waals surface area contributed by atoms with E-state index in [4.69, 9.17) is 11.6 Å². The number of sulfonamides is 1. The lowest BCUT2D eigenvalue weighted by molar-refractivity contribution is -0.127. The Hall–Kier alpha value is -1.18. The molecule has 5 nitrogen and oxygen atoms in total. The van der Waals surface area contributed by atoms with E-state index in [1.165, 1.54) is 25.1 Å². The number of carbonyl (C=O) groups excluding carboxylic acids is 1. The quantitative estimate of drug-likeness (QED) is 0.895. The largest absolute Gasteiger partial charge is 0.348 e. The second-order valence-electron chi connectivity index (χ2n) is 3.69. The molecule has 0 spiro atoms. The molecule has 1 aromatic rings. The molecule has 1 amide bonds. The summed E-state index contributed by atoms with van der Waals surface area (Å²) in [6.45, 7) is -0.433. The Morgan fingerprint density at radius 1 is 1.44 bits per heavy atom. The molecular weight excluding hydrogens is 283 g/mol. The molecule has 0 aliphatic carbocycles. The monoisotopic (exact) mass is 294 g/mol. The van der Waals surface area contributed by atoms with Crippen molar-refractivity contribution in [1.82, 2.24) is 9.62 Å². The molecule has 0 saturated heterocycles. The van der Waals surface area contributed by atoms with Gasteiger partial charge in [0.15, 0.2) is 0 Å². The third-order valence-corrected chi connectivity index (χ3v) is 3.77. The summed E-state index contributed by atoms with van der Waals surface area (Å²) in [7, 11) is -1.10. The number of rotatable bonds is 4. The van der Waals surface area contributed by atoms with Crippen LogP contribution in [0.3, 0.4) is 0 Å². The van der Waals surface area contributed by atoms with Crippen molar-refractivity contribution in [3.8, 4) is 0 Å². The van der Waals surface area contributed by atoms with Gasteiger partial charge in [-0.15, -0.1) is 0 Å². The van der Waals surface area contributed by atoms with Gasteiger partial charge in [-0.3, -0.25) is 4.79 Å². The Labute approximate surface area is 110 Å². The molecule has 0 fully saturated rings. The molecule has 0 atom stereocenters. The molecule has 0 unspecified atom stereocenters. The van der Waals surface area contributed by atoms with E-state index < -0.39 is 33.2 Å². The SMILES string of the molecule is CN(C)C(=O)CNS(=O)(=O)c1ccc(Cl)cc1F. The van der Waals surface area contributed by atoms with Crippen LogP contribution in [0.2, 0.25) is 5.02 Å². The summed E-state index contributed by atoms with van der Waals surface area (Å²) in [5, 5.41) is 0.0933. The van der Waals surface area contributed by atoms with E-state index >= 15 is 0 Å². The van der Waals surface area contributed by atoms with Gasteiger partial charge in [-0.2, -0.15) is 0 Å². The maximum Gasteiger partial charge on any atom is 0.243 e. The van der Waals surface area contributed by atoms with E-state index in [0.717, 1.165) is 12.1 Å². The summed E-state index contributed by atoms with van der Waals surface area (Å²) in [5.74, 6) is -1.40. The van der Waals surface area contributed by atoms with Crippen molar-refractivity contribution in [3.63, 3.8) is 0 Å². The first-order chi connectivity index (χ1) is 8.24. The van der Waals surface area contributed by atoms with Gasteiger partial charge in [-0.1, -0.05) is 11.6 Å². The fourth-order valence-electron chi connectivity index (χ4n) is 1.09. The number of nitrogens with zero attached hydrogens (tertiary/aromatic N) is 1. The highest BCUT2D eigenvalue weighted by atomic mass is 35.5. The number of amides is 1. The highest BCUT2D eigenvalue weighted by molar-refractivity contribution is 7.89. The number of carbonyl (C=O) groups is 1. The average molecular weight is 295 g/mol. The molecule has 1 aromatic carbocycles. The smallest absolute Gasteiger partial charge is 0.243 e. The van der Waals surface area contributed by atoms with Crippen molar-refractivity contribution in [2.45, 2.75) is 4.90 Å². The van der Waals surface area contributed by atoms with Gasteiger partial charge >= 0.3 is 0 Å². The van der Waals surface area contributed by atoms with E-state index in [0.29, 0.717) is 0 Å². The zero-order chi connectivity index (χ0) is 13.9. The van der Waals surface area contributed by atoms with Crippen LogP contribution >= 0.6 is 11.6 Å². The van der Waals surface area contributed by atoms with Gasteiger partial charge in [0.25, 0.3) is 0 Å². The third-order valence-electron chi connectivity index (χ3n) is 2.10. The van der Waals surface area contributed by atoms with Gasteiger partial charge < -0.3 is 4.90 Å². The minimum absolute atomic E-state index is 0.0933. The number of nitrogens with one attached hydrogen (secondary N) is 1. The maximum absolute atomic E-state index is 13.4. The minimum atomic E-state index is -4.07. The molecule has 0 heterocycles. The summed E-state index contributed by atoms with van der Waals surface area (Å²) >= 11 is 5.52. The van der Waals surface area contributed by atoms with Gasteiger partial charge in [0.2, 0.25) is 15.9 Å². The molecule has 0 saturated carbocycles. The highest BCUT2D eigenvalue weighted by Crippen LogP contribution is 2.18. The molecular formula is C10H12ClFN2O3S. The molecule has 1 N–H and O–H groups in total. The standard InChI is InChI=1S/C10H12ClFN2O3S/c1-14(2)10(15)6-13-18(16,17)9-4-3-7(11)5-8(9)12/h3-5,13H,6H2,1-2H3. The molecule has 100 valence electrons. The van der Waals surface area contributed by atoms with Crippen LogP contribution in [0.1, 0.15) is 0 Å². The number of hydrogen-bond donors (Lipinski definition) is 1. The van der Waals surface area contributed by atoms with E-state index in [1.54, 1.807) is 0 Å². The third kappa shape index (κ3) is 3.66. The van der Waals surface area contributed by atoms with Gasteiger partial charge in [0.05, 0.1) is 6.54 Å². The molecule has 0 radical (unpaired) electrons. The van der Waals surface area contributed by atoms with Crippen molar-refractivity contribution >= 4 is 27.5 Å². The van der Waals surface area contributed by atoms with Gasteiger partial charge in [-0.05, 0) is 18.2 Å². The molecule has 1 rings (SSSR count). The zero-order valence-corrected chi connectivity index (χ0v) is 11.3. The Balaban J connectivity index is 2.90. The van der Waals surface area contributed by atoms with Crippen LogP contribution in [0.25, 0.3) is 0 Å². The number of likely N-dealkylation sites (N-methyl/N-ethyl adjacent to an activating group) is 1. The van der Waals surface area contributed by atoms with Crippen LogP contribution in [-0.2, 0) is 14.8 Å². The van der Waals surface area contributed by atoms with E-state index in [-0.39, 0.29) is 5.02 Å². The van der Waals surface area contributed by atoms with Crippen LogP contribution in [0.5, 0.6) is 0 Å². The summed E-state index contributed by atoms with van der Waals surface area (Å²) < 4.78 is 38.9. The first kappa shape index (κ1) is 14.9. The summed E-state index contributed by atoms with van der Waals surface area (Å²) in [6, 6.07) is 3.19. The first-order valence-corrected chi connectivity index (χ1v) is 6.75. The van der Waals surface area contributed by atoms with Gasteiger partial charge in [0, 0.05) is 19.1 Å². The second kappa shape index (κ2) is 5.64. The highest BCUT2D eigenvalue weighted by Gasteiger charge is 2.20. The molecule has 0 aliphatic rings. The normalized spacial score (nSPS) is 11.3. The zero-order valence-electron chi connectivity index (χ0n) is 9.78. The van der Waals surface area contributed by atoms with Crippen LogP contribution in [0, 0.1) is 5.82 Å². The summed E-state index contributed by atoms with van der Waals surface area (Å²) in [4.78, 5) is 11.9. The lowest BCUT2D eigenvalue weighted by Crippen LogP contribution is -2.36. The minimum Gasteiger partial charge on any atom is -0.348 e. The van der Waals surface area contributed by atoms with E-state index in [9.17, 15) is 17.6 Å². The van der Waals surface area contributed by atoms with E-state index in [2.05, 4.69) is 0 Å². The fraction of sp³-hybridized carbons (Fsp3) is 0.300. The molecule has 0 aromatic heterocycles. The molecule has 8 heteroatoms. The number of halogens is 2. The van der Waals surface area contributed by atoms with Crippen molar-refractivity contribution in [2.24, 2.45) is 0 Å².